The molecule has 0 unspecified atom stereocenters. The highest BCUT2D eigenvalue weighted by Gasteiger charge is 2.26. The lowest BCUT2D eigenvalue weighted by molar-refractivity contribution is -0.149. The first-order valence-electron chi connectivity index (χ1n) is 10.1. The summed E-state index contributed by atoms with van der Waals surface area (Å²) >= 11 is 0. The van der Waals surface area contributed by atoms with Crippen LogP contribution in [0.2, 0.25) is 0 Å². The third-order valence-electron chi connectivity index (χ3n) is 4.97. The third-order valence-corrected chi connectivity index (χ3v) is 4.97. The highest BCUT2D eigenvalue weighted by Crippen LogP contribution is 2.19. The molecule has 31 heavy (non-hydrogen) atoms. The van der Waals surface area contributed by atoms with E-state index in [1.165, 1.54) is 0 Å². The summed E-state index contributed by atoms with van der Waals surface area (Å²) < 4.78 is 5.39. The molecule has 3 aromatic rings. The second-order valence-corrected chi connectivity index (χ2v) is 7.47. The van der Waals surface area contributed by atoms with Crippen LogP contribution in [0, 0.1) is 5.92 Å². The van der Waals surface area contributed by atoms with Gasteiger partial charge in [-0.2, -0.15) is 0 Å². The van der Waals surface area contributed by atoms with Crippen molar-refractivity contribution in [2.45, 2.75) is 26.0 Å². The first-order chi connectivity index (χ1) is 15.0. The van der Waals surface area contributed by atoms with Gasteiger partial charge in [-0.3, -0.25) is 14.6 Å². The van der Waals surface area contributed by atoms with Crippen molar-refractivity contribution in [2.24, 2.45) is 5.92 Å². The average Bonchev–Trinajstić information content (AvgIpc) is 2.79. The average molecular weight is 418 g/mol. The predicted molar refractivity (Wildman–Crippen MR) is 117 cm³/mol. The van der Waals surface area contributed by atoms with Gasteiger partial charge in [0.25, 0.3) is 0 Å². The van der Waals surface area contributed by atoms with Crippen molar-refractivity contribution < 1.29 is 19.4 Å². The summed E-state index contributed by atoms with van der Waals surface area (Å²) in [6.45, 7) is 0.596. The Morgan fingerprint density at radius 2 is 1.61 bits per heavy atom. The summed E-state index contributed by atoms with van der Waals surface area (Å²) in [5.74, 6) is -0.965. The van der Waals surface area contributed by atoms with Crippen molar-refractivity contribution >= 4 is 11.9 Å². The van der Waals surface area contributed by atoms with E-state index in [-0.39, 0.29) is 24.7 Å². The topological polar surface area (TPSA) is 79.7 Å². The number of carbonyl (C=O) groups excluding carboxylic acids is 2. The molecule has 1 heterocycles. The molecule has 1 aromatic heterocycles. The van der Waals surface area contributed by atoms with Crippen molar-refractivity contribution in [3.63, 3.8) is 0 Å². The Morgan fingerprint density at radius 1 is 0.935 bits per heavy atom. The Kier molecular flexibility index (Phi) is 7.76. The Hall–Kier alpha value is -3.67. The summed E-state index contributed by atoms with van der Waals surface area (Å²) in [4.78, 5) is 31.3. The molecule has 0 saturated carbocycles. The minimum atomic E-state index is -0.566. The van der Waals surface area contributed by atoms with Crippen LogP contribution in [0.5, 0.6) is 5.75 Å². The molecule has 1 atom stereocenters. The largest absolute Gasteiger partial charge is 0.508 e. The monoisotopic (exact) mass is 418 g/mol. The smallest absolute Gasteiger partial charge is 0.306 e. The van der Waals surface area contributed by atoms with Gasteiger partial charge in [-0.1, -0.05) is 42.5 Å². The minimum absolute atomic E-state index is 0.0239. The SMILES string of the molecule is CN(Cc1ccccc1)C(=O)[C@@H](CC(=O)OCc1ccncc1)Cc1ccc(O)cc1. The van der Waals surface area contributed by atoms with Gasteiger partial charge < -0.3 is 14.7 Å². The summed E-state index contributed by atoms with van der Waals surface area (Å²) in [6.07, 6.45) is 3.63. The number of amides is 1. The molecular weight excluding hydrogens is 392 g/mol. The number of aromatic nitrogens is 1. The van der Waals surface area contributed by atoms with E-state index < -0.39 is 11.9 Å². The highest BCUT2D eigenvalue weighted by atomic mass is 16.5. The normalized spacial score (nSPS) is 11.5. The molecule has 0 spiro atoms. The number of ether oxygens (including phenoxy) is 1. The molecule has 0 aliphatic heterocycles. The molecule has 0 aliphatic rings. The number of pyridine rings is 1. The lowest BCUT2D eigenvalue weighted by Crippen LogP contribution is -2.35. The van der Waals surface area contributed by atoms with Crippen LogP contribution in [-0.2, 0) is 33.9 Å². The number of rotatable bonds is 9. The van der Waals surface area contributed by atoms with E-state index in [4.69, 9.17) is 4.74 Å². The number of aromatic hydroxyl groups is 1. The summed E-state index contributed by atoms with van der Waals surface area (Å²) in [7, 11) is 1.74. The van der Waals surface area contributed by atoms with Crippen LogP contribution in [0.3, 0.4) is 0 Å². The summed E-state index contributed by atoms with van der Waals surface area (Å²) in [5.41, 5.74) is 2.72. The Morgan fingerprint density at radius 3 is 2.29 bits per heavy atom. The second-order valence-electron chi connectivity index (χ2n) is 7.47. The fourth-order valence-corrected chi connectivity index (χ4v) is 3.31. The maximum absolute atomic E-state index is 13.2. The number of esters is 1. The fourth-order valence-electron chi connectivity index (χ4n) is 3.31. The first-order valence-corrected chi connectivity index (χ1v) is 10.1. The highest BCUT2D eigenvalue weighted by molar-refractivity contribution is 5.84. The molecule has 0 aliphatic carbocycles. The number of phenolic OH excluding ortho intramolecular Hbond substituents is 1. The van der Waals surface area contributed by atoms with Crippen LogP contribution in [0.25, 0.3) is 0 Å². The number of benzene rings is 2. The third kappa shape index (κ3) is 6.96. The Balaban J connectivity index is 1.67. The van der Waals surface area contributed by atoms with E-state index in [2.05, 4.69) is 4.98 Å². The maximum Gasteiger partial charge on any atom is 0.306 e. The number of hydrogen-bond donors (Lipinski definition) is 1. The van der Waals surface area contributed by atoms with Gasteiger partial charge in [0, 0.05) is 26.0 Å². The van der Waals surface area contributed by atoms with Gasteiger partial charge in [0.2, 0.25) is 5.91 Å². The van der Waals surface area contributed by atoms with E-state index in [1.54, 1.807) is 60.7 Å². The number of phenols is 1. The molecule has 1 amide bonds. The van der Waals surface area contributed by atoms with E-state index in [9.17, 15) is 14.7 Å². The number of hydrogen-bond acceptors (Lipinski definition) is 5. The summed E-state index contributed by atoms with van der Waals surface area (Å²) in [5, 5.41) is 9.52. The van der Waals surface area contributed by atoms with Gasteiger partial charge in [0.15, 0.2) is 0 Å². The van der Waals surface area contributed by atoms with Gasteiger partial charge >= 0.3 is 5.97 Å². The zero-order chi connectivity index (χ0) is 22.1. The zero-order valence-corrected chi connectivity index (χ0v) is 17.5. The number of carbonyl (C=O) groups is 2. The fraction of sp³-hybridized carbons (Fsp3) is 0.240. The molecule has 6 heteroatoms. The minimum Gasteiger partial charge on any atom is -0.508 e. The van der Waals surface area contributed by atoms with Crippen LogP contribution >= 0.6 is 0 Å². The molecular formula is C25H26N2O4. The van der Waals surface area contributed by atoms with E-state index >= 15 is 0 Å². The zero-order valence-electron chi connectivity index (χ0n) is 17.5. The lowest BCUT2D eigenvalue weighted by Gasteiger charge is -2.24. The van der Waals surface area contributed by atoms with Crippen molar-refractivity contribution in [1.29, 1.82) is 0 Å². The molecule has 0 bridgehead atoms. The Bertz CT molecular complexity index is 975. The molecule has 3 rings (SSSR count). The standard InChI is InChI=1S/C25H26N2O4/c1-27(17-20-5-3-2-4-6-20)25(30)22(15-19-7-9-23(28)10-8-19)16-24(29)31-18-21-11-13-26-14-12-21/h2-14,22,28H,15-18H2,1H3/t22-/m1/s1. The van der Waals surface area contributed by atoms with Crippen molar-refractivity contribution in [1.82, 2.24) is 9.88 Å². The van der Waals surface area contributed by atoms with Gasteiger partial charge in [-0.05, 0) is 47.4 Å². The molecule has 0 fully saturated rings. The first kappa shape index (κ1) is 22.0. The second kappa shape index (κ2) is 10.9. The van der Waals surface area contributed by atoms with Crippen LogP contribution in [-0.4, -0.2) is 33.9 Å². The molecule has 0 radical (unpaired) electrons. The van der Waals surface area contributed by atoms with Gasteiger partial charge in [0.1, 0.15) is 12.4 Å². The molecule has 0 saturated heterocycles. The molecule has 6 nitrogen and oxygen atoms in total. The van der Waals surface area contributed by atoms with Crippen LogP contribution in [0.1, 0.15) is 23.1 Å². The quantitative estimate of drug-likeness (QED) is 0.536. The van der Waals surface area contributed by atoms with E-state index in [0.717, 1.165) is 16.7 Å². The Labute approximate surface area is 182 Å². The van der Waals surface area contributed by atoms with Crippen molar-refractivity contribution in [2.75, 3.05) is 7.05 Å². The van der Waals surface area contributed by atoms with Crippen molar-refractivity contribution in [3.05, 3.63) is 95.8 Å². The predicted octanol–water partition coefficient (Wildman–Crippen LogP) is 3.74. The van der Waals surface area contributed by atoms with Gasteiger partial charge in [-0.25, -0.2) is 0 Å². The van der Waals surface area contributed by atoms with Crippen LogP contribution in [0.4, 0.5) is 0 Å². The lowest BCUT2D eigenvalue weighted by atomic mass is 9.94. The maximum atomic E-state index is 13.2. The van der Waals surface area contributed by atoms with Gasteiger partial charge in [0.05, 0.1) is 12.3 Å². The molecule has 160 valence electrons. The van der Waals surface area contributed by atoms with Gasteiger partial charge in [-0.15, -0.1) is 0 Å². The molecule has 2 aromatic carbocycles. The van der Waals surface area contributed by atoms with Crippen LogP contribution < -0.4 is 0 Å². The van der Waals surface area contributed by atoms with Crippen molar-refractivity contribution in [3.8, 4) is 5.75 Å². The van der Waals surface area contributed by atoms with Crippen LogP contribution in [0.15, 0.2) is 79.1 Å². The molecule has 1 N–H and O–H groups in total. The summed E-state index contributed by atoms with van der Waals surface area (Å²) in [6, 6.07) is 19.9. The van der Waals surface area contributed by atoms with E-state index in [0.29, 0.717) is 13.0 Å². The van der Waals surface area contributed by atoms with E-state index in [1.807, 2.05) is 30.3 Å². The number of nitrogens with zero attached hydrogens (tertiary/aromatic N) is 2.